The predicted molar refractivity (Wildman–Crippen MR) is 434 cm³/mol. The van der Waals surface area contributed by atoms with Crippen LogP contribution in [0.4, 0.5) is 0 Å². The second kappa shape index (κ2) is 54.8. The van der Waals surface area contributed by atoms with Gasteiger partial charge in [-0.2, -0.15) is 0 Å². The van der Waals surface area contributed by atoms with Crippen molar-refractivity contribution in [2.24, 2.45) is 17.2 Å². The topological polar surface area (TPSA) is 553 Å². The summed E-state index contributed by atoms with van der Waals surface area (Å²) in [6.07, 6.45) is 16.8. The number of Topliss-reactive ketones (excluding diaryl/α,β-unsaturated/α-hetero) is 1. The zero-order valence-electron chi connectivity index (χ0n) is 67.1. The Kier molecular flexibility index (Phi) is 45.7. The van der Waals surface area contributed by atoms with Gasteiger partial charge in [-0.3, -0.25) is 68.4 Å². The van der Waals surface area contributed by atoms with Crippen molar-refractivity contribution in [3.05, 3.63) is 71.9 Å². The number of hydrogen-bond acceptors (Lipinski definition) is 19. The molecule has 0 saturated carbocycles. The van der Waals surface area contributed by atoms with E-state index in [1.165, 1.54) is 64.2 Å². The molecule has 0 aliphatic carbocycles. The summed E-state index contributed by atoms with van der Waals surface area (Å²) in [6.45, 7) is 2.84. The Bertz CT molecular complexity index is 3550. The first-order chi connectivity index (χ1) is 55.4. The monoisotopic (exact) mass is 1610 g/mol. The van der Waals surface area contributed by atoms with Crippen LogP contribution < -0.4 is 81.0 Å². The van der Waals surface area contributed by atoms with E-state index in [0.29, 0.717) is 49.8 Å². The molecule has 640 valence electrons. The zero-order chi connectivity index (χ0) is 83.7. The van der Waals surface area contributed by atoms with Crippen LogP contribution in [0.1, 0.15) is 198 Å². The molecule has 5 rings (SSSR count). The highest BCUT2D eigenvalue weighted by atomic mass is 16.5. The van der Waals surface area contributed by atoms with Gasteiger partial charge in [0.1, 0.15) is 66.8 Å². The van der Waals surface area contributed by atoms with Gasteiger partial charge in [-0.15, -0.1) is 0 Å². The maximum Gasteiger partial charge on any atom is 0.246 e. The van der Waals surface area contributed by atoms with Crippen LogP contribution >= 0.6 is 0 Å². The van der Waals surface area contributed by atoms with Gasteiger partial charge in [0.25, 0.3) is 0 Å². The molecule has 35 heteroatoms. The summed E-state index contributed by atoms with van der Waals surface area (Å²) in [4.78, 5) is 174. The number of ether oxygens (including phenoxy) is 2. The number of benzene rings is 2. The Balaban J connectivity index is 1.30. The Morgan fingerprint density at radius 2 is 1.17 bits per heavy atom. The van der Waals surface area contributed by atoms with Crippen molar-refractivity contribution >= 4 is 93.6 Å². The number of aliphatic hydroxyl groups is 2. The molecule has 0 bridgehead atoms. The highest BCUT2D eigenvalue weighted by Gasteiger charge is 2.44. The van der Waals surface area contributed by atoms with Crippen LogP contribution in [0, 0.1) is 10.8 Å². The second-order valence-electron chi connectivity index (χ2n) is 29.6. The third-order valence-electron chi connectivity index (χ3n) is 20.1. The number of nitrogens with one attached hydrogen (secondary N) is 15. The van der Waals surface area contributed by atoms with E-state index in [1.54, 1.807) is 42.6 Å². The lowest BCUT2D eigenvalue weighted by Gasteiger charge is -2.31. The van der Waals surface area contributed by atoms with Gasteiger partial charge in [-0.1, -0.05) is 152 Å². The maximum absolute atomic E-state index is 15.2. The standard InChI is InChI=1S/C80H129N19O16/c1-3-5-7-8-9-10-11-12-13-14-15-16-20-35-68(103)87-41-42-114-43-44-115-52-69(104)91-60(33-25-39-88-79(82)83)71(106)98-66(51-100)76(111)94-61(30-6-4-2)72(107)95-63-37-36-55(101)49-86-38-24-23-32-59(70(81)105)92-75(110)65(46-54-48-90-58-31-22-21-29-57(54)58)96-73(108)62(34-26-40-89-80(84)85)93-74(109)64(45-53-27-18-17-19-28-53)97-77(112)67-47-56(102)50-99(67)78(63)113/h17-19,21-22,27-29,31,48,56,59-67,86,90,100,102H,3-16,20,23-26,30,32-47,49-52H2,1-2H3,(H2,81,105)(H,87,103)(H,91,104)(H,92,110)(H,93,109)(H,94,111)(H,95,107)(H,96,108)(H,97,112)(H,98,106)(H4,82,83,88)(H4,84,85,89)/t56-,59+,60?,61+,62+,63+,64?,65+,66+,67+/m1/s1. The van der Waals surface area contributed by atoms with E-state index in [9.17, 15) is 63.0 Å². The molecule has 1 aromatic heterocycles. The number of fused-ring (bicyclic) bond motifs is 2. The van der Waals surface area contributed by atoms with Gasteiger partial charge in [0.15, 0.2) is 11.9 Å². The minimum absolute atomic E-state index is 0.0135. The molecule has 23 N–H and O–H groups in total. The number of aromatic amines is 1. The van der Waals surface area contributed by atoms with Crippen LogP contribution in [0.3, 0.4) is 0 Å². The summed E-state index contributed by atoms with van der Waals surface area (Å²) >= 11 is 0. The number of carbonyl (C=O) groups is 12. The molecule has 35 nitrogen and oxygen atoms in total. The van der Waals surface area contributed by atoms with Crippen molar-refractivity contribution < 1.29 is 77.2 Å². The molecule has 3 heterocycles. The summed E-state index contributed by atoms with van der Waals surface area (Å²) in [5.74, 6) is -10.0. The van der Waals surface area contributed by atoms with Gasteiger partial charge >= 0.3 is 0 Å². The molecule has 2 saturated heterocycles. The second-order valence-corrected chi connectivity index (χ2v) is 29.6. The van der Waals surface area contributed by atoms with E-state index in [4.69, 9.17) is 37.5 Å². The summed E-state index contributed by atoms with van der Waals surface area (Å²) in [5, 5.41) is 70.5. The van der Waals surface area contributed by atoms with E-state index in [1.807, 2.05) is 25.1 Å². The molecule has 0 spiro atoms. The molecule has 0 radical (unpaired) electrons. The summed E-state index contributed by atoms with van der Waals surface area (Å²) < 4.78 is 11.1. The van der Waals surface area contributed by atoms with Gasteiger partial charge in [-0.25, -0.2) is 0 Å². The fraction of sp³-hybridized carbons (Fsp3) is 0.650. The number of amides is 11. The van der Waals surface area contributed by atoms with Gasteiger partial charge in [0.05, 0.1) is 39.1 Å². The van der Waals surface area contributed by atoms with Crippen LogP contribution in [0.5, 0.6) is 0 Å². The number of H-pyrrole nitrogens is 1. The van der Waals surface area contributed by atoms with E-state index >= 15 is 4.79 Å². The molecule has 2 aliphatic heterocycles. The Labute approximate surface area is 674 Å². The van der Waals surface area contributed by atoms with E-state index < -0.39 is 145 Å². The molecule has 2 fully saturated rings. The quantitative estimate of drug-likeness (QED) is 0.0211. The average Bonchev–Trinajstić information content (AvgIpc) is 1.70. The molecule has 10 atom stereocenters. The van der Waals surface area contributed by atoms with Crippen LogP contribution in [0.25, 0.3) is 10.9 Å². The Morgan fingerprint density at radius 1 is 0.591 bits per heavy atom. The highest BCUT2D eigenvalue weighted by Crippen LogP contribution is 2.24. The number of aromatic nitrogens is 1. The van der Waals surface area contributed by atoms with E-state index in [-0.39, 0.29) is 134 Å². The number of para-hydroxylation sites is 1. The van der Waals surface area contributed by atoms with Crippen LogP contribution in [0.15, 0.2) is 60.8 Å². The minimum Gasteiger partial charge on any atom is -0.394 e. The average molecular weight is 1610 g/mol. The molecule has 3 aromatic rings. The van der Waals surface area contributed by atoms with Crippen molar-refractivity contribution in [2.45, 2.75) is 261 Å². The number of hydrogen-bond donors (Lipinski definition) is 20. The lowest BCUT2D eigenvalue weighted by molar-refractivity contribution is -0.143. The minimum atomic E-state index is -1.73. The van der Waals surface area contributed by atoms with Crippen LogP contribution in [0.2, 0.25) is 0 Å². The molecular formula is C80H129N19O16. The third kappa shape index (κ3) is 37.5. The number of nitrogens with zero attached hydrogens (tertiary/aromatic N) is 1. The van der Waals surface area contributed by atoms with Crippen LogP contribution in [-0.4, -0.2) is 236 Å². The molecule has 2 unspecified atom stereocenters. The van der Waals surface area contributed by atoms with E-state index in [2.05, 4.69) is 75.7 Å². The van der Waals surface area contributed by atoms with Crippen molar-refractivity contribution in [2.75, 3.05) is 72.3 Å². The lowest BCUT2D eigenvalue weighted by atomic mass is 10.0. The first-order valence-corrected chi connectivity index (χ1v) is 41.1. The van der Waals surface area contributed by atoms with E-state index in [0.717, 1.165) is 35.1 Å². The molecule has 11 amide bonds. The smallest absolute Gasteiger partial charge is 0.246 e. The van der Waals surface area contributed by atoms with Gasteiger partial charge in [-0.05, 0) is 87.9 Å². The number of nitrogens with two attached hydrogens (primary N) is 3. The van der Waals surface area contributed by atoms with Gasteiger partial charge < -0.3 is 111 Å². The third-order valence-corrected chi connectivity index (χ3v) is 20.1. The van der Waals surface area contributed by atoms with Crippen molar-refractivity contribution in [1.29, 1.82) is 10.8 Å². The number of rotatable bonds is 46. The first kappa shape index (κ1) is 95.7. The number of carbonyl (C=O) groups excluding carboxylic acids is 12. The maximum atomic E-state index is 15.2. The molecular weight excluding hydrogens is 1480 g/mol. The predicted octanol–water partition coefficient (Wildman–Crippen LogP) is 0.741. The largest absolute Gasteiger partial charge is 0.394 e. The van der Waals surface area contributed by atoms with Crippen molar-refractivity contribution in [3.63, 3.8) is 0 Å². The van der Waals surface area contributed by atoms with Crippen molar-refractivity contribution in [3.8, 4) is 0 Å². The number of guanidine groups is 2. The number of unbranched alkanes of at least 4 members (excludes halogenated alkanes) is 13. The summed E-state index contributed by atoms with van der Waals surface area (Å²) in [6, 6.07) is 2.61. The van der Waals surface area contributed by atoms with Crippen LogP contribution in [-0.2, 0) is 79.8 Å². The summed E-state index contributed by atoms with van der Waals surface area (Å²) in [5.41, 5.74) is 18.8. The Morgan fingerprint density at radius 3 is 1.85 bits per heavy atom. The zero-order valence-corrected chi connectivity index (χ0v) is 67.1. The SMILES string of the molecule is CCCCCCCCCCCCCCCC(=O)NCCOCCOCC(=O)NC(CCCNC(=N)N)C(=O)N[C@@H](CO)C(=O)N[C@@H](CCCC)C(=O)N[C@H]1CCC(=O)CNCCCC[C@@H](C(N)=O)NC(=O)[C@H](Cc2c[nH]c3ccccc23)NC(=O)[C@H](CCCNC(=N)N)NC(=O)C(Cc2ccccc2)NC(=O)[C@@H]2C[C@@H](O)CN2C1=O. The van der Waals surface area contributed by atoms with Gasteiger partial charge in [0, 0.05) is 75.4 Å². The molecule has 2 aromatic carbocycles. The number of aliphatic hydroxyl groups excluding tert-OH is 2. The molecule has 115 heavy (non-hydrogen) atoms. The lowest BCUT2D eigenvalue weighted by Crippen LogP contribution is -2.61. The fourth-order valence-corrected chi connectivity index (χ4v) is 13.7. The molecule has 2 aliphatic rings. The first-order valence-electron chi connectivity index (χ1n) is 41.1. The fourth-order valence-electron chi connectivity index (χ4n) is 13.7. The highest BCUT2D eigenvalue weighted by molar-refractivity contribution is 5.99. The number of primary amides is 1. The Hall–Kier alpha value is -9.84. The number of ketones is 1. The summed E-state index contributed by atoms with van der Waals surface area (Å²) in [7, 11) is 0. The van der Waals surface area contributed by atoms with Crippen molar-refractivity contribution in [1.82, 2.24) is 73.7 Å². The normalized spacial score (nSPS) is 19.8. The van der Waals surface area contributed by atoms with Gasteiger partial charge in [0.2, 0.25) is 65.0 Å².